The molecule has 0 aliphatic heterocycles. The first-order valence-electron chi connectivity index (χ1n) is 6.04. The molecule has 112 valence electrons. The average Bonchev–Trinajstić information content (AvgIpc) is 2.45. The summed E-state index contributed by atoms with van der Waals surface area (Å²) in [5, 5.41) is 0. The van der Waals surface area contributed by atoms with E-state index < -0.39 is 17.6 Å². The van der Waals surface area contributed by atoms with Crippen molar-refractivity contribution in [3.63, 3.8) is 0 Å². The van der Waals surface area contributed by atoms with Crippen molar-refractivity contribution in [2.75, 3.05) is 0 Å². The van der Waals surface area contributed by atoms with Gasteiger partial charge in [0, 0.05) is 5.56 Å². The van der Waals surface area contributed by atoms with E-state index >= 15 is 0 Å². The van der Waals surface area contributed by atoms with Crippen LogP contribution in [0.25, 0.3) is 0 Å². The van der Waals surface area contributed by atoms with Gasteiger partial charge in [-0.1, -0.05) is 24.3 Å². The lowest BCUT2D eigenvalue weighted by Crippen LogP contribution is -2.05. The molecule has 0 saturated heterocycles. The second-order valence-corrected chi connectivity index (χ2v) is 4.61. The van der Waals surface area contributed by atoms with Gasteiger partial charge in [-0.2, -0.15) is 13.2 Å². The zero-order valence-corrected chi connectivity index (χ0v) is 11.5. The highest BCUT2D eigenvalue weighted by atomic mass is 35.5. The Morgan fingerprint density at radius 1 is 1.00 bits per heavy atom. The van der Waals surface area contributed by atoms with E-state index in [1.165, 1.54) is 24.3 Å². The number of alkyl halides is 4. The maximum Gasteiger partial charge on any atom is 0.416 e. The maximum atomic E-state index is 13.6. The molecule has 0 saturated carbocycles. The summed E-state index contributed by atoms with van der Waals surface area (Å²) in [4.78, 5) is 0. The summed E-state index contributed by atoms with van der Waals surface area (Å²) in [6, 6.07) is 8.88. The first-order chi connectivity index (χ1) is 9.91. The monoisotopic (exact) mass is 318 g/mol. The van der Waals surface area contributed by atoms with E-state index in [2.05, 4.69) is 0 Å². The van der Waals surface area contributed by atoms with Crippen molar-refractivity contribution < 1.29 is 22.3 Å². The highest BCUT2D eigenvalue weighted by Crippen LogP contribution is 2.29. The quantitative estimate of drug-likeness (QED) is 0.558. The van der Waals surface area contributed by atoms with E-state index in [1.54, 1.807) is 6.07 Å². The van der Waals surface area contributed by atoms with Crippen LogP contribution in [0.4, 0.5) is 17.6 Å². The van der Waals surface area contributed by atoms with Gasteiger partial charge in [-0.25, -0.2) is 4.39 Å². The Morgan fingerprint density at radius 3 is 2.24 bits per heavy atom. The Bertz CT molecular complexity index is 608. The molecule has 21 heavy (non-hydrogen) atoms. The van der Waals surface area contributed by atoms with Crippen molar-refractivity contribution in [1.29, 1.82) is 0 Å². The summed E-state index contributed by atoms with van der Waals surface area (Å²) < 4.78 is 56.2. The van der Waals surface area contributed by atoms with Crippen molar-refractivity contribution >= 4 is 11.6 Å². The largest absolute Gasteiger partial charge is 0.485 e. The molecule has 2 rings (SSSR count). The lowest BCUT2D eigenvalue weighted by molar-refractivity contribution is -0.137. The summed E-state index contributed by atoms with van der Waals surface area (Å²) in [5.74, 6) is -0.451. The number of ether oxygens (including phenoxy) is 1. The van der Waals surface area contributed by atoms with E-state index in [-0.39, 0.29) is 18.2 Å². The third-order valence-electron chi connectivity index (χ3n) is 2.86. The van der Waals surface area contributed by atoms with E-state index in [9.17, 15) is 17.6 Å². The predicted octanol–water partition coefficient (Wildman–Crippen LogP) is 5.16. The topological polar surface area (TPSA) is 9.23 Å². The highest BCUT2D eigenvalue weighted by Gasteiger charge is 2.29. The molecule has 2 aromatic carbocycles. The Morgan fingerprint density at radius 2 is 1.67 bits per heavy atom. The lowest BCUT2D eigenvalue weighted by atomic mass is 10.1. The minimum absolute atomic E-state index is 0.0207. The summed E-state index contributed by atoms with van der Waals surface area (Å²) in [6.07, 6.45) is -4.38. The fourth-order valence-corrected chi connectivity index (χ4v) is 1.98. The summed E-state index contributed by atoms with van der Waals surface area (Å²) in [5.41, 5.74) is 0.258. The molecule has 6 heteroatoms. The van der Waals surface area contributed by atoms with Crippen molar-refractivity contribution in [3.05, 3.63) is 65.0 Å². The van der Waals surface area contributed by atoms with E-state index in [0.29, 0.717) is 11.1 Å². The zero-order valence-electron chi connectivity index (χ0n) is 10.8. The van der Waals surface area contributed by atoms with Gasteiger partial charge < -0.3 is 4.74 Å². The third kappa shape index (κ3) is 3.88. The van der Waals surface area contributed by atoms with Gasteiger partial charge in [0.2, 0.25) is 0 Å². The molecule has 2 aromatic rings. The summed E-state index contributed by atoms with van der Waals surface area (Å²) in [7, 11) is 0. The van der Waals surface area contributed by atoms with Gasteiger partial charge in [-0.3, -0.25) is 0 Å². The molecule has 1 nitrogen and oxygen atoms in total. The second kappa shape index (κ2) is 6.35. The lowest BCUT2D eigenvalue weighted by Gasteiger charge is -2.12. The van der Waals surface area contributed by atoms with Gasteiger partial charge in [-0.05, 0) is 23.8 Å². The van der Waals surface area contributed by atoms with Crippen LogP contribution < -0.4 is 4.74 Å². The normalized spacial score (nSPS) is 11.5. The van der Waals surface area contributed by atoms with Gasteiger partial charge in [0.15, 0.2) is 11.6 Å². The van der Waals surface area contributed by atoms with E-state index in [0.717, 1.165) is 12.1 Å². The van der Waals surface area contributed by atoms with Crippen LogP contribution in [0.3, 0.4) is 0 Å². The van der Waals surface area contributed by atoms with Crippen molar-refractivity contribution in [3.8, 4) is 5.75 Å². The number of benzene rings is 2. The third-order valence-corrected chi connectivity index (χ3v) is 3.14. The molecule has 0 aliphatic rings. The van der Waals surface area contributed by atoms with Gasteiger partial charge in [0.05, 0.1) is 11.4 Å². The molecule has 0 bridgehead atoms. The maximum absolute atomic E-state index is 13.6. The van der Waals surface area contributed by atoms with E-state index in [1.807, 2.05) is 0 Å². The van der Waals surface area contributed by atoms with Crippen molar-refractivity contribution in [1.82, 2.24) is 0 Å². The predicted molar refractivity (Wildman–Crippen MR) is 71.7 cm³/mol. The molecule has 0 aromatic heterocycles. The molecular weight excluding hydrogens is 308 g/mol. The Kier molecular flexibility index (Phi) is 4.73. The minimum Gasteiger partial charge on any atom is -0.485 e. The smallest absolute Gasteiger partial charge is 0.416 e. The average molecular weight is 319 g/mol. The minimum atomic E-state index is -4.38. The van der Waals surface area contributed by atoms with Crippen LogP contribution >= 0.6 is 11.6 Å². The fraction of sp³-hybridized carbons (Fsp3) is 0.200. The molecule has 0 N–H and O–H groups in total. The van der Waals surface area contributed by atoms with Gasteiger partial charge in [0.25, 0.3) is 0 Å². The Labute approximate surface area is 124 Å². The molecule has 0 atom stereocenters. The van der Waals surface area contributed by atoms with Crippen molar-refractivity contribution in [2.45, 2.75) is 18.7 Å². The second-order valence-electron chi connectivity index (χ2n) is 4.35. The van der Waals surface area contributed by atoms with Crippen LogP contribution in [-0.4, -0.2) is 0 Å². The van der Waals surface area contributed by atoms with E-state index in [4.69, 9.17) is 16.3 Å². The number of hydrogen-bond donors (Lipinski definition) is 0. The van der Waals surface area contributed by atoms with Crippen LogP contribution in [-0.2, 0) is 18.7 Å². The first-order valence-corrected chi connectivity index (χ1v) is 6.57. The van der Waals surface area contributed by atoms with Crippen LogP contribution in [0, 0.1) is 5.82 Å². The van der Waals surface area contributed by atoms with Crippen molar-refractivity contribution in [2.24, 2.45) is 0 Å². The molecular formula is C15H11ClF4O. The molecule has 0 fully saturated rings. The summed E-state index contributed by atoms with van der Waals surface area (Å²) in [6.45, 7) is -0.0387. The Hall–Kier alpha value is -1.75. The SMILES string of the molecule is Fc1cccc(CCl)c1OCc1ccc(C(F)(F)F)cc1. The zero-order chi connectivity index (χ0) is 15.5. The van der Waals surface area contributed by atoms with Crippen LogP contribution in [0.5, 0.6) is 5.75 Å². The fourth-order valence-electron chi connectivity index (χ4n) is 1.77. The molecule has 0 unspecified atom stereocenters. The molecule has 0 aliphatic carbocycles. The number of para-hydroxylation sites is 1. The summed E-state index contributed by atoms with van der Waals surface area (Å²) >= 11 is 5.69. The molecule has 0 heterocycles. The molecule has 0 amide bonds. The number of rotatable bonds is 4. The van der Waals surface area contributed by atoms with Gasteiger partial charge >= 0.3 is 6.18 Å². The Balaban J connectivity index is 2.10. The van der Waals surface area contributed by atoms with Gasteiger partial charge in [0.1, 0.15) is 6.61 Å². The molecule has 0 spiro atoms. The number of halogens is 5. The highest BCUT2D eigenvalue weighted by molar-refractivity contribution is 6.17. The van der Waals surface area contributed by atoms with Crippen LogP contribution in [0.2, 0.25) is 0 Å². The molecule has 0 radical (unpaired) electrons. The first kappa shape index (κ1) is 15.6. The standard InChI is InChI=1S/C15H11ClF4O/c16-8-11-2-1-3-13(17)14(11)21-9-10-4-6-12(7-5-10)15(18,19)20/h1-7H,8-9H2. The van der Waals surface area contributed by atoms with Crippen LogP contribution in [0.15, 0.2) is 42.5 Å². The number of hydrogen-bond acceptors (Lipinski definition) is 1. The van der Waals surface area contributed by atoms with Gasteiger partial charge in [-0.15, -0.1) is 11.6 Å². The van der Waals surface area contributed by atoms with Crippen LogP contribution in [0.1, 0.15) is 16.7 Å².